The van der Waals surface area contributed by atoms with Gasteiger partial charge in [-0.1, -0.05) is 23.7 Å². The van der Waals surface area contributed by atoms with E-state index in [9.17, 15) is 8.42 Å². The standard InChI is InChI=1S/C23H27ClN4O2S.ClH/c24-20-6-3-7-21(18-20)28-15-13-27(14-16-28)12-2-1-11-26-31(29,30)22-8-9-23-19(17-22)5-4-10-25-23;/h3-10,17-18,26H,1-2,11-16H2;1H. The van der Waals surface area contributed by atoms with E-state index in [1.807, 2.05) is 24.3 Å². The highest BCUT2D eigenvalue weighted by Gasteiger charge is 2.17. The number of hydrogen-bond acceptors (Lipinski definition) is 5. The number of aromatic nitrogens is 1. The van der Waals surface area contributed by atoms with Gasteiger partial charge in [0.05, 0.1) is 10.4 Å². The molecule has 0 spiro atoms. The van der Waals surface area contributed by atoms with Crippen LogP contribution in [0.3, 0.4) is 0 Å². The van der Waals surface area contributed by atoms with Gasteiger partial charge in [-0.05, 0) is 61.9 Å². The highest BCUT2D eigenvalue weighted by molar-refractivity contribution is 7.89. The van der Waals surface area contributed by atoms with Crippen molar-refractivity contribution in [2.45, 2.75) is 17.7 Å². The normalized spacial score (nSPS) is 15.0. The van der Waals surface area contributed by atoms with Crippen molar-refractivity contribution >= 4 is 50.6 Å². The summed E-state index contributed by atoms with van der Waals surface area (Å²) in [4.78, 5) is 9.31. The summed E-state index contributed by atoms with van der Waals surface area (Å²) in [6.45, 7) is 5.38. The molecule has 0 radical (unpaired) electrons. The maximum atomic E-state index is 12.6. The monoisotopic (exact) mass is 494 g/mol. The number of sulfonamides is 1. The Bertz CT molecular complexity index is 1140. The van der Waals surface area contributed by atoms with Gasteiger partial charge in [-0.3, -0.25) is 9.88 Å². The molecule has 1 aliphatic rings. The minimum absolute atomic E-state index is 0. The SMILES string of the molecule is Cl.O=S(=O)(NCCCCN1CCN(c2cccc(Cl)c2)CC1)c1ccc2ncccc2c1. The zero-order valence-corrected chi connectivity index (χ0v) is 20.2. The maximum Gasteiger partial charge on any atom is 0.240 e. The van der Waals surface area contributed by atoms with Gasteiger partial charge in [-0.15, -0.1) is 12.4 Å². The molecule has 1 aromatic heterocycles. The van der Waals surface area contributed by atoms with Crippen molar-refractivity contribution in [2.75, 3.05) is 44.2 Å². The number of anilines is 1. The van der Waals surface area contributed by atoms with Crippen molar-refractivity contribution in [1.82, 2.24) is 14.6 Å². The third-order valence-electron chi connectivity index (χ3n) is 5.62. The predicted molar refractivity (Wildman–Crippen MR) is 134 cm³/mol. The van der Waals surface area contributed by atoms with E-state index >= 15 is 0 Å². The fourth-order valence-corrected chi connectivity index (χ4v) is 5.17. The van der Waals surface area contributed by atoms with Gasteiger partial charge in [-0.25, -0.2) is 13.1 Å². The Morgan fingerprint density at radius 1 is 0.969 bits per heavy atom. The van der Waals surface area contributed by atoms with Gasteiger partial charge in [0, 0.05) is 55.0 Å². The van der Waals surface area contributed by atoms with E-state index < -0.39 is 10.0 Å². The lowest BCUT2D eigenvalue weighted by molar-refractivity contribution is 0.253. The van der Waals surface area contributed by atoms with Crippen LogP contribution >= 0.6 is 24.0 Å². The Balaban J connectivity index is 0.00000289. The number of unbranched alkanes of at least 4 members (excludes halogenated alkanes) is 1. The maximum absolute atomic E-state index is 12.6. The molecule has 1 saturated heterocycles. The highest BCUT2D eigenvalue weighted by atomic mass is 35.5. The molecular weight excluding hydrogens is 467 g/mol. The molecule has 2 aromatic carbocycles. The van der Waals surface area contributed by atoms with Gasteiger partial charge in [0.2, 0.25) is 10.0 Å². The van der Waals surface area contributed by atoms with Gasteiger partial charge in [-0.2, -0.15) is 0 Å². The molecule has 3 aromatic rings. The third-order valence-corrected chi connectivity index (χ3v) is 7.32. The summed E-state index contributed by atoms with van der Waals surface area (Å²) in [5.41, 5.74) is 1.96. The Hall–Kier alpha value is -1.90. The first kappa shape index (κ1) is 24.7. The molecule has 0 aliphatic carbocycles. The quantitative estimate of drug-likeness (QED) is 0.475. The lowest BCUT2D eigenvalue weighted by Gasteiger charge is -2.36. The summed E-state index contributed by atoms with van der Waals surface area (Å²) < 4.78 is 27.9. The van der Waals surface area contributed by atoms with Gasteiger partial charge in [0.25, 0.3) is 0 Å². The smallest absolute Gasteiger partial charge is 0.240 e. The van der Waals surface area contributed by atoms with Gasteiger partial charge in [0.15, 0.2) is 0 Å². The van der Waals surface area contributed by atoms with Gasteiger partial charge in [0.1, 0.15) is 0 Å². The number of fused-ring (bicyclic) bond motifs is 1. The second-order valence-electron chi connectivity index (χ2n) is 7.77. The van der Waals surface area contributed by atoms with E-state index in [0.717, 1.165) is 61.5 Å². The average molecular weight is 495 g/mol. The number of nitrogens with zero attached hydrogens (tertiary/aromatic N) is 3. The Kier molecular flexibility index (Phi) is 8.73. The molecule has 6 nitrogen and oxygen atoms in total. The number of pyridine rings is 1. The van der Waals surface area contributed by atoms with Crippen molar-refractivity contribution in [1.29, 1.82) is 0 Å². The van der Waals surface area contributed by atoms with Crippen LogP contribution in [0.15, 0.2) is 65.7 Å². The van der Waals surface area contributed by atoms with Crippen LogP contribution in [0.2, 0.25) is 5.02 Å². The molecule has 0 amide bonds. The van der Waals surface area contributed by atoms with E-state index in [2.05, 4.69) is 25.6 Å². The van der Waals surface area contributed by atoms with Gasteiger partial charge >= 0.3 is 0 Å². The lowest BCUT2D eigenvalue weighted by Crippen LogP contribution is -2.46. The van der Waals surface area contributed by atoms with E-state index in [1.165, 1.54) is 5.69 Å². The van der Waals surface area contributed by atoms with Crippen LogP contribution in [0.4, 0.5) is 5.69 Å². The molecule has 1 fully saturated rings. The Morgan fingerprint density at radius 2 is 1.78 bits per heavy atom. The van der Waals surface area contributed by atoms with Crippen LogP contribution in [0, 0.1) is 0 Å². The molecule has 9 heteroatoms. The van der Waals surface area contributed by atoms with Crippen molar-refractivity contribution in [3.05, 3.63) is 65.8 Å². The lowest BCUT2D eigenvalue weighted by atomic mass is 10.2. The predicted octanol–water partition coefficient (Wildman–Crippen LogP) is 4.19. The topological polar surface area (TPSA) is 65.5 Å². The Labute approximate surface area is 201 Å². The van der Waals surface area contributed by atoms with Gasteiger partial charge < -0.3 is 4.90 Å². The number of piperazine rings is 1. The Morgan fingerprint density at radius 3 is 2.56 bits per heavy atom. The minimum Gasteiger partial charge on any atom is -0.369 e. The molecule has 0 atom stereocenters. The van der Waals surface area contributed by atoms with Crippen LogP contribution in [0.25, 0.3) is 10.9 Å². The summed E-state index contributed by atoms with van der Waals surface area (Å²) >= 11 is 6.10. The van der Waals surface area contributed by atoms with E-state index in [-0.39, 0.29) is 17.3 Å². The summed E-state index contributed by atoms with van der Waals surface area (Å²) in [6.07, 6.45) is 3.47. The molecule has 4 rings (SSSR count). The molecule has 0 saturated carbocycles. The molecule has 172 valence electrons. The van der Waals surface area contributed by atoms with Crippen LogP contribution in [-0.4, -0.2) is 57.6 Å². The van der Waals surface area contributed by atoms with Crippen molar-refractivity contribution in [3.8, 4) is 0 Å². The zero-order valence-electron chi connectivity index (χ0n) is 17.8. The largest absolute Gasteiger partial charge is 0.369 e. The summed E-state index contributed by atoms with van der Waals surface area (Å²) in [6, 6.07) is 16.7. The first-order chi connectivity index (χ1) is 15.0. The zero-order chi connectivity index (χ0) is 21.7. The summed E-state index contributed by atoms with van der Waals surface area (Å²) in [7, 11) is -3.51. The first-order valence-electron chi connectivity index (χ1n) is 10.6. The molecule has 0 bridgehead atoms. The minimum atomic E-state index is -3.51. The number of halogens is 2. The van der Waals surface area contributed by atoms with E-state index in [4.69, 9.17) is 11.6 Å². The van der Waals surface area contributed by atoms with E-state index in [0.29, 0.717) is 6.54 Å². The fraction of sp³-hybridized carbons (Fsp3) is 0.348. The van der Waals surface area contributed by atoms with E-state index in [1.54, 1.807) is 30.5 Å². The molecular formula is C23H28Cl2N4O2S. The summed E-state index contributed by atoms with van der Waals surface area (Å²) in [5.74, 6) is 0. The summed E-state index contributed by atoms with van der Waals surface area (Å²) in [5, 5.41) is 1.59. The highest BCUT2D eigenvalue weighted by Crippen LogP contribution is 2.21. The van der Waals surface area contributed by atoms with Crippen molar-refractivity contribution < 1.29 is 8.42 Å². The molecule has 1 N–H and O–H groups in total. The molecule has 32 heavy (non-hydrogen) atoms. The van der Waals surface area contributed by atoms with Crippen LogP contribution in [-0.2, 0) is 10.0 Å². The second kappa shape index (κ2) is 11.3. The molecule has 2 heterocycles. The van der Waals surface area contributed by atoms with Crippen LogP contribution in [0.5, 0.6) is 0 Å². The fourth-order valence-electron chi connectivity index (χ4n) is 3.87. The van der Waals surface area contributed by atoms with Crippen molar-refractivity contribution in [2.24, 2.45) is 0 Å². The third kappa shape index (κ3) is 6.33. The number of nitrogens with one attached hydrogen (secondary N) is 1. The first-order valence-corrected chi connectivity index (χ1v) is 12.4. The van der Waals surface area contributed by atoms with Crippen molar-refractivity contribution in [3.63, 3.8) is 0 Å². The number of rotatable bonds is 8. The second-order valence-corrected chi connectivity index (χ2v) is 9.97. The molecule has 1 aliphatic heterocycles. The van der Waals surface area contributed by atoms with Crippen LogP contribution in [0.1, 0.15) is 12.8 Å². The average Bonchev–Trinajstić information content (AvgIpc) is 2.79. The molecule has 0 unspecified atom stereocenters. The number of hydrogen-bond donors (Lipinski definition) is 1. The van der Waals surface area contributed by atoms with Crippen LogP contribution < -0.4 is 9.62 Å². The number of benzene rings is 2.